The molecule has 2 aromatic carbocycles. The highest BCUT2D eigenvalue weighted by Crippen LogP contribution is 2.35. The minimum absolute atomic E-state index is 0.736. The van der Waals surface area contributed by atoms with E-state index < -0.39 is 0 Å². The fraction of sp³-hybridized carbons (Fsp3) is 0.360. The van der Waals surface area contributed by atoms with E-state index in [1.165, 1.54) is 36.8 Å². The smallest absolute Gasteiger partial charge is 0.0568 e. The molecular formula is C25H30N2. The van der Waals surface area contributed by atoms with Gasteiger partial charge in [0.1, 0.15) is 0 Å². The summed E-state index contributed by atoms with van der Waals surface area (Å²) in [7, 11) is 0. The summed E-state index contributed by atoms with van der Waals surface area (Å²) < 4.78 is 0. The number of nitrogens with zero attached hydrogens (tertiary/aromatic N) is 2. The first-order chi connectivity index (χ1) is 13.2. The molecule has 2 nitrogen and oxygen atoms in total. The van der Waals surface area contributed by atoms with Gasteiger partial charge < -0.3 is 0 Å². The Labute approximate surface area is 163 Å². The van der Waals surface area contributed by atoms with E-state index in [0.717, 1.165) is 35.8 Å². The van der Waals surface area contributed by atoms with Gasteiger partial charge in [-0.25, -0.2) is 0 Å². The van der Waals surface area contributed by atoms with Gasteiger partial charge in [-0.05, 0) is 59.8 Å². The Morgan fingerprint density at radius 1 is 0.852 bits per heavy atom. The highest BCUT2D eigenvalue weighted by atomic mass is 15.2. The summed E-state index contributed by atoms with van der Waals surface area (Å²) in [5.41, 5.74) is 4.96. The van der Waals surface area contributed by atoms with E-state index in [2.05, 4.69) is 72.2 Å². The van der Waals surface area contributed by atoms with Gasteiger partial charge >= 0.3 is 0 Å². The lowest BCUT2D eigenvalue weighted by atomic mass is 9.79. The lowest BCUT2D eigenvalue weighted by Gasteiger charge is -2.26. The first-order valence-corrected chi connectivity index (χ1v) is 10.1. The van der Waals surface area contributed by atoms with Gasteiger partial charge in [0.2, 0.25) is 0 Å². The maximum Gasteiger partial charge on any atom is 0.0568 e. The van der Waals surface area contributed by atoms with Gasteiger partial charge in [-0.15, -0.1) is 6.58 Å². The van der Waals surface area contributed by atoms with E-state index in [1.807, 2.05) is 12.3 Å². The summed E-state index contributed by atoms with van der Waals surface area (Å²) in [6.07, 6.45) is 13.0. The normalized spacial score (nSPS) is 20.3. The third-order valence-electron chi connectivity index (χ3n) is 5.52. The second-order valence-corrected chi connectivity index (χ2v) is 7.68. The second kappa shape index (κ2) is 10.0. The molecule has 0 aromatic heterocycles. The Kier molecular flexibility index (Phi) is 7.15. The topological polar surface area (TPSA) is 24.7 Å². The molecule has 0 saturated heterocycles. The molecule has 140 valence electrons. The SMILES string of the molecule is C=CCCc1ccc(C=NN=Cc2ccc(C3CCC(C)CC3)cc2)cc1. The van der Waals surface area contributed by atoms with E-state index >= 15 is 0 Å². The predicted molar refractivity (Wildman–Crippen MR) is 117 cm³/mol. The minimum Gasteiger partial charge on any atom is -0.159 e. The fourth-order valence-corrected chi connectivity index (χ4v) is 3.69. The number of hydrogen-bond donors (Lipinski definition) is 0. The van der Waals surface area contributed by atoms with Crippen molar-refractivity contribution in [3.8, 4) is 0 Å². The van der Waals surface area contributed by atoms with Crippen molar-refractivity contribution in [2.24, 2.45) is 16.1 Å². The number of rotatable bonds is 7. The molecule has 1 aliphatic rings. The Hall–Kier alpha value is -2.48. The first kappa shape index (κ1) is 19.3. The van der Waals surface area contributed by atoms with Gasteiger partial charge in [0.25, 0.3) is 0 Å². The molecule has 0 spiro atoms. The predicted octanol–water partition coefficient (Wildman–Crippen LogP) is 6.55. The average Bonchev–Trinajstić information content (AvgIpc) is 2.72. The van der Waals surface area contributed by atoms with E-state index in [-0.39, 0.29) is 0 Å². The zero-order chi connectivity index (χ0) is 18.9. The maximum absolute atomic E-state index is 4.19. The summed E-state index contributed by atoms with van der Waals surface area (Å²) in [6, 6.07) is 17.3. The van der Waals surface area contributed by atoms with Crippen molar-refractivity contribution in [3.63, 3.8) is 0 Å². The summed E-state index contributed by atoms with van der Waals surface area (Å²) >= 11 is 0. The van der Waals surface area contributed by atoms with Crippen LogP contribution < -0.4 is 0 Å². The molecule has 0 aliphatic heterocycles. The van der Waals surface area contributed by atoms with Crippen LogP contribution >= 0.6 is 0 Å². The Balaban J connectivity index is 1.51. The maximum atomic E-state index is 4.19. The number of hydrogen-bond acceptors (Lipinski definition) is 2. The van der Waals surface area contributed by atoms with Crippen molar-refractivity contribution in [2.45, 2.75) is 51.4 Å². The molecule has 0 heterocycles. The fourth-order valence-electron chi connectivity index (χ4n) is 3.69. The monoisotopic (exact) mass is 358 g/mol. The van der Waals surface area contributed by atoms with Crippen LogP contribution in [0.2, 0.25) is 0 Å². The van der Waals surface area contributed by atoms with Crippen molar-refractivity contribution in [2.75, 3.05) is 0 Å². The molecule has 2 aromatic rings. The van der Waals surface area contributed by atoms with Crippen molar-refractivity contribution in [1.82, 2.24) is 0 Å². The largest absolute Gasteiger partial charge is 0.159 e. The van der Waals surface area contributed by atoms with Crippen LogP contribution in [0.15, 0.2) is 71.4 Å². The van der Waals surface area contributed by atoms with E-state index in [0.29, 0.717) is 0 Å². The van der Waals surface area contributed by atoms with Crippen molar-refractivity contribution >= 4 is 12.4 Å². The Morgan fingerprint density at radius 3 is 1.96 bits per heavy atom. The third-order valence-corrected chi connectivity index (χ3v) is 5.52. The summed E-state index contributed by atoms with van der Waals surface area (Å²) in [5.74, 6) is 1.63. The van der Waals surface area contributed by atoms with Gasteiger partial charge in [0.15, 0.2) is 0 Å². The first-order valence-electron chi connectivity index (χ1n) is 10.1. The van der Waals surface area contributed by atoms with Gasteiger partial charge in [0, 0.05) is 0 Å². The van der Waals surface area contributed by atoms with Crippen LogP contribution in [0.5, 0.6) is 0 Å². The molecule has 2 heteroatoms. The molecule has 1 fully saturated rings. The molecule has 27 heavy (non-hydrogen) atoms. The Morgan fingerprint density at radius 2 is 1.41 bits per heavy atom. The second-order valence-electron chi connectivity index (χ2n) is 7.68. The molecule has 0 unspecified atom stereocenters. The molecule has 0 N–H and O–H groups in total. The van der Waals surface area contributed by atoms with Gasteiger partial charge in [-0.3, -0.25) is 0 Å². The molecule has 1 aliphatic carbocycles. The quantitative estimate of drug-likeness (QED) is 0.304. The van der Waals surface area contributed by atoms with Crippen molar-refractivity contribution < 1.29 is 0 Å². The van der Waals surface area contributed by atoms with Crippen LogP contribution in [0.1, 0.15) is 67.2 Å². The van der Waals surface area contributed by atoms with Crippen LogP contribution in [-0.4, -0.2) is 12.4 Å². The summed E-state index contributed by atoms with van der Waals surface area (Å²) in [5, 5.41) is 8.37. The number of benzene rings is 2. The summed E-state index contributed by atoms with van der Waals surface area (Å²) in [6.45, 7) is 6.13. The van der Waals surface area contributed by atoms with Crippen molar-refractivity contribution in [1.29, 1.82) is 0 Å². The molecule has 0 radical (unpaired) electrons. The summed E-state index contributed by atoms with van der Waals surface area (Å²) in [4.78, 5) is 0. The lowest BCUT2D eigenvalue weighted by Crippen LogP contribution is -2.10. The zero-order valence-corrected chi connectivity index (χ0v) is 16.3. The minimum atomic E-state index is 0.736. The molecule has 0 atom stereocenters. The van der Waals surface area contributed by atoms with Crippen molar-refractivity contribution in [3.05, 3.63) is 83.4 Å². The zero-order valence-electron chi connectivity index (χ0n) is 16.3. The standard InChI is InChI=1S/C25H30N2/c1-3-4-5-21-8-10-22(11-9-21)18-26-27-19-23-12-16-25(17-13-23)24-14-6-20(2)7-15-24/h3,8-13,16-20,24H,1,4-7,14-15H2,2H3. The van der Waals surface area contributed by atoms with Crippen LogP contribution in [0, 0.1) is 5.92 Å². The number of aryl methyl sites for hydroxylation is 1. The van der Waals surface area contributed by atoms with Gasteiger partial charge in [0.05, 0.1) is 12.4 Å². The molecule has 0 bridgehead atoms. The molecular weight excluding hydrogens is 328 g/mol. The van der Waals surface area contributed by atoms with E-state index in [9.17, 15) is 0 Å². The van der Waals surface area contributed by atoms with Crippen LogP contribution in [0.25, 0.3) is 0 Å². The lowest BCUT2D eigenvalue weighted by molar-refractivity contribution is 0.348. The highest BCUT2D eigenvalue weighted by Gasteiger charge is 2.19. The molecule has 0 amide bonds. The number of allylic oxidation sites excluding steroid dienone is 1. The van der Waals surface area contributed by atoms with Crippen LogP contribution in [0.4, 0.5) is 0 Å². The highest BCUT2D eigenvalue weighted by molar-refractivity contribution is 5.82. The van der Waals surface area contributed by atoms with E-state index in [4.69, 9.17) is 0 Å². The average molecular weight is 359 g/mol. The van der Waals surface area contributed by atoms with Gasteiger partial charge in [-0.2, -0.15) is 10.2 Å². The van der Waals surface area contributed by atoms with Crippen LogP contribution in [0.3, 0.4) is 0 Å². The van der Waals surface area contributed by atoms with Gasteiger partial charge in [-0.1, -0.05) is 74.4 Å². The van der Waals surface area contributed by atoms with E-state index in [1.54, 1.807) is 6.21 Å². The molecule has 3 rings (SSSR count). The molecule has 1 saturated carbocycles. The van der Waals surface area contributed by atoms with Crippen LogP contribution in [-0.2, 0) is 6.42 Å². The third kappa shape index (κ3) is 6.02. The Bertz CT molecular complexity index is 761.